The minimum atomic E-state index is -1.88. The van der Waals surface area contributed by atoms with Crippen molar-refractivity contribution in [3.8, 4) is 22.6 Å². The Morgan fingerprint density at radius 1 is 0.763 bits per heavy atom. The molecule has 38 heavy (non-hydrogen) atoms. The summed E-state index contributed by atoms with van der Waals surface area (Å²) >= 11 is 0. The SMILES string of the molecule is CCCC1CCC(C2CCC(C(F)C(F)COc3ccc(-c4ccc(OCC)cc4)c(F)c3F)CC2)CC1. The summed E-state index contributed by atoms with van der Waals surface area (Å²) in [5.74, 6) is -0.170. The molecule has 6 heteroatoms. The number of hydrogen-bond acceptors (Lipinski definition) is 2. The molecule has 0 spiro atoms. The molecule has 0 heterocycles. The zero-order valence-corrected chi connectivity index (χ0v) is 22.7. The van der Waals surface area contributed by atoms with Crippen molar-refractivity contribution in [3.05, 3.63) is 48.0 Å². The summed E-state index contributed by atoms with van der Waals surface area (Å²) in [6, 6.07) is 9.30. The van der Waals surface area contributed by atoms with Crippen molar-refractivity contribution in [1.82, 2.24) is 0 Å². The number of rotatable bonds is 11. The van der Waals surface area contributed by atoms with E-state index in [4.69, 9.17) is 9.47 Å². The van der Waals surface area contributed by atoms with Crippen molar-refractivity contribution in [2.45, 2.75) is 90.4 Å². The molecule has 210 valence electrons. The summed E-state index contributed by atoms with van der Waals surface area (Å²) in [5.41, 5.74) is 0.543. The normalized spacial score (nSPS) is 25.5. The molecule has 2 saturated carbocycles. The van der Waals surface area contributed by atoms with Gasteiger partial charge in [0.25, 0.3) is 0 Å². The second-order valence-corrected chi connectivity index (χ2v) is 11.2. The van der Waals surface area contributed by atoms with Crippen LogP contribution in [-0.4, -0.2) is 25.6 Å². The predicted molar refractivity (Wildman–Crippen MR) is 144 cm³/mol. The maximum atomic E-state index is 15.0. The molecular weight excluding hydrogens is 492 g/mol. The van der Waals surface area contributed by atoms with Gasteiger partial charge in [0.2, 0.25) is 5.82 Å². The van der Waals surface area contributed by atoms with E-state index in [0.29, 0.717) is 36.7 Å². The molecule has 0 bridgehead atoms. The summed E-state index contributed by atoms with van der Waals surface area (Å²) < 4.78 is 69.9. The van der Waals surface area contributed by atoms with Crippen molar-refractivity contribution in [2.75, 3.05) is 13.2 Å². The van der Waals surface area contributed by atoms with Gasteiger partial charge < -0.3 is 9.47 Å². The summed E-state index contributed by atoms with van der Waals surface area (Å²) in [6.07, 6.45) is 7.48. The highest BCUT2D eigenvalue weighted by Gasteiger charge is 2.36. The van der Waals surface area contributed by atoms with Gasteiger partial charge in [-0.15, -0.1) is 0 Å². The lowest BCUT2D eigenvalue weighted by molar-refractivity contribution is 0.0391. The maximum Gasteiger partial charge on any atom is 0.201 e. The van der Waals surface area contributed by atoms with Crippen molar-refractivity contribution < 1.29 is 27.0 Å². The molecule has 4 rings (SSSR count). The highest BCUT2D eigenvalue weighted by atomic mass is 19.2. The van der Waals surface area contributed by atoms with Gasteiger partial charge in [-0.2, -0.15) is 4.39 Å². The Morgan fingerprint density at radius 2 is 1.39 bits per heavy atom. The molecule has 2 fully saturated rings. The predicted octanol–water partition coefficient (Wildman–Crippen LogP) is 9.50. The van der Waals surface area contributed by atoms with E-state index >= 15 is 4.39 Å². The number of benzene rings is 2. The topological polar surface area (TPSA) is 18.5 Å². The van der Waals surface area contributed by atoms with Crippen molar-refractivity contribution in [1.29, 1.82) is 0 Å². The Kier molecular flexibility index (Phi) is 10.4. The smallest absolute Gasteiger partial charge is 0.201 e. The van der Waals surface area contributed by atoms with Crippen LogP contribution < -0.4 is 9.47 Å². The van der Waals surface area contributed by atoms with Crippen LogP contribution in [0.4, 0.5) is 17.6 Å². The Hall–Kier alpha value is -2.24. The summed E-state index contributed by atoms with van der Waals surface area (Å²) in [7, 11) is 0. The van der Waals surface area contributed by atoms with Gasteiger partial charge >= 0.3 is 0 Å². The molecule has 2 unspecified atom stereocenters. The molecule has 0 aromatic heterocycles. The summed E-state index contributed by atoms with van der Waals surface area (Å²) in [5, 5.41) is 0. The van der Waals surface area contributed by atoms with Gasteiger partial charge in [0, 0.05) is 5.56 Å². The van der Waals surface area contributed by atoms with Gasteiger partial charge in [-0.05, 0) is 98.9 Å². The summed E-state index contributed by atoms with van der Waals surface area (Å²) in [6.45, 7) is 3.98. The second-order valence-electron chi connectivity index (χ2n) is 11.2. The number of alkyl halides is 2. The average Bonchev–Trinajstić information content (AvgIpc) is 2.95. The fraction of sp³-hybridized carbons (Fsp3) is 0.625. The van der Waals surface area contributed by atoms with Crippen molar-refractivity contribution in [2.24, 2.45) is 23.7 Å². The minimum Gasteiger partial charge on any atom is -0.494 e. The third-order valence-electron chi connectivity index (χ3n) is 8.79. The Morgan fingerprint density at radius 3 is 2.00 bits per heavy atom. The third kappa shape index (κ3) is 7.04. The van der Waals surface area contributed by atoms with E-state index in [1.807, 2.05) is 6.92 Å². The molecule has 2 aliphatic rings. The highest BCUT2D eigenvalue weighted by Crippen LogP contribution is 2.43. The van der Waals surface area contributed by atoms with Crippen LogP contribution in [0.1, 0.15) is 78.1 Å². The molecular formula is C32H42F4O2. The second kappa shape index (κ2) is 13.7. The van der Waals surface area contributed by atoms with E-state index in [0.717, 1.165) is 24.7 Å². The van der Waals surface area contributed by atoms with E-state index < -0.39 is 36.3 Å². The molecule has 0 N–H and O–H groups in total. The Balaban J connectivity index is 1.26. The van der Waals surface area contributed by atoms with Gasteiger partial charge in [-0.25, -0.2) is 13.2 Å². The van der Waals surface area contributed by atoms with Crippen LogP contribution in [-0.2, 0) is 0 Å². The molecule has 2 aromatic carbocycles. The van der Waals surface area contributed by atoms with Crippen LogP contribution >= 0.6 is 0 Å². The van der Waals surface area contributed by atoms with E-state index in [1.165, 1.54) is 50.7 Å². The van der Waals surface area contributed by atoms with Crippen LogP contribution in [0.3, 0.4) is 0 Å². The van der Waals surface area contributed by atoms with Crippen LogP contribution in [0, 0.1) is 35.3 Å². The molecule has 2 atom stereocenters. The van der Waals surface area contributed by atoms with Crippen LogP contribution in [0.25, 0.3) is 11.1 Å². The molecule has 2 aromatic rings. The zero-order valence-electron chi connectivity index (χ0n) is 22.7. The Labute approximate surface area is 225 Å². The molecule has 2 aliphatic carbocycles. The van der Waals surface area contributed by atoms with Crippen LogP contribution in [0.15, 0.2) is 36.4 Å². The van der Waals surface area contributed by atoms with Gasteiger partial charge in [0.15, 0.2) is 17.7 Å². The minimum absolute atomic E-state index is 0.0636. The van der Waals surface area contributed by atoms with E-state index in [-0.39, 0.29) is 11.5 Å². The number of ether oxygens (including phenoxy) is 2. The average molecular weight is 535 g/mol. The first kappa shape index (κ1) is 28.8. The quantitative estimate of drug-likeness (QED) is 0.267. The largest absolute Gasteiger partial charge is 0.494 e. The van der Waals surface area contributed by atoms with Crippen molar-refractivity contribution >= 4 is 0 Å². The van der Waals surface area contributed by atoms with Crippen LogP contribution in [0.5, 0.6) is 11.5 Å². The first-order chi connectivity index (χ1) is 18.4. The fourth-order valence-electron chi connectivity index (χ4n) is 6.61. The standard InChI is InChI=1S/C32H42F4O2/c1-3-5-21-6-8-22(9-7-21)23-10-12-25(13-11-23)30(34)28(33)20-38-29-19-18-27(31(35)32(29)36)24-14-16-26(17-15-24)37-4-2/h14-19,21-23,25,28,30H,3-13,20H2,1-2H3. The Bertz CT molecular complexity index is 995. The van der Waals surface area contributed by atoms with Gasteiger partial charge in [0.1, 0.15) is 18.5 Å². The fourth-order valence-corrected chi connectivity index (χ4v) is 6.61. The third-order valence-corrected chi connectivity index (χ3v) is 8.79. The molecule has 2 nitrogen and oxygen atoms in total. The maximum absolute atomic E-state index is 15.0. The molecule has 0 amide bonds. The van der Waals surface area contributed by atoms with Gasteiger partial charge in [-0.1, -0.05) is 44.7 Å². The van der Waals surface area contributed by atoms with Gasteiger partial charge in [0.05, 0.1) is 6.61 Å². The van der Waals surface area contributed by atoms with Crippen molar-refractivity contribution in [3.63, 3.8) is 0 Å². The monoisotopic (exact) mass is 534 g/mol. The lowest BCUT2D eigenvalue weighted by Crippen LogP contribution is -2.35. The van der Waals surface area contributed by atoms with E-state index in [9.17, 15) is 13.2 Å². The molecule has 0 saturated heterocycles. The highest BCUT2D eigenvalue weighted by molar-refractivity contribution is 5.66. The lowest BCUT2D eigenvalue weighted by Gasteiger charge is -2.38. The first-order valence-electron chi connectivity index (χ1n) is 14.5. The number of halogens is 4. The first-order valence-corrected chi connectivity index (χ1v) is 14.5. The van der Waals surface area contributed by atoms with E-state index in [2.05, 4.69) is 6.92 Å². The molecule has 0 radical (unpaired) electrons. The molecule has 0 aliphatic heterocycles. The van der Waals surface area contributed by atoms with Crippen LogP contribution in [0.2, 0.25) is 0 Å². The summed E-state index contributed by atoms with van der Waals surface area (Å²) in [4.78, 5) is 0. The lowest BCUT2D eigenvalue weighted by atomic mass is 9.68. The zero-order chi connectivity index (χ0) is 27.1. The number of hydrogen-bond donors (Lipinski definition) is 0. The van der Waals surface area contributed by atoms with Gasteiger partial charge in [-0.3, -0.25) is 0 Å². The van der Waals surface area contributed by atoms with E-state index in [1.54, 1.807) is 24.3 Å².